The Bertz CT molecular complexity index is 1300. The fraction of sp³-hybridized carbons (Fsp3) is 0.0714. The summed E-state index contributed by atoms with van der Waals surface area (Å²) in [5, 5.41) is 6.62. The molecule has 176 valence electrons. The molecule has 0 amide bonds. The van der Waals surface area contributed by atoms with Crippen LogP contribution in [0.5, 0.6) is 0 Å². The van der Waals surface area contributed by atoms with Crippen molar-refractivity contribution in [3.05, 3.63) is 120 Å². The largest absolute Gasteiger partial charge is 0.466 e. The lowest BCUT2D eigenvalue weighted by atomic mass is 10.0. The lowest BCUT2D eigenvalue weighted by Gasteiger charge is -2.12. The van der Waals surface area contributed by atoms with Crippen LogP contribution in [0.4, 0.5) is 15.8 Å². The van der Waals surface area contributed by atoms with E-state index in [1.54, 1.807) is 12.1 Å². The monoisotopic (exact) mass is 502 g/mol. The van der Waals surface area contributed by atoms with Crippen molar-refractivity contribution in [2.75, 3.05) is 10.6 Å². The van der Waals surface area contributed by atoms with Gasteiger partial charge in [0.25, 0.3) is 10.3 Å². The second-order valence-corrected chi connectivity index (χ2v) is 8.42. The Labute approximate surface area is 214 Å². The van der Waals surface area contributed by atoms with Gasteiger partial charge in [-0.1, -0.05) is 60.7 Å². The maximum atomic E-state index is 13.0. The number of nitrogens with one attached hydrogen (secondary N) is 2. The van der Waals surface area contributed by atoms with E-state index in [4.69, 9.17) is 33.9 Å². The van der Waals surface area contributed by atoms with Crippen LogP contribution in [-0.2, 0) is 22.7 Å². The van der Waals surface area contributed by atoms with Crippen molar-refractivity contribution in [3.8, 4) is 11.1 Å². The van der Waals surface area contributed by atoms with Crippen molar-refractivity contribution in [3.63, 3.8) is 0 Å². The summed E-state index contributed by atoms with van der Waals surface area (Å²) in [7, 11) is 0. The summed E-state index contributed by atoms with van der Waals surface area (Å²) < 4.78 is 24.4. The summed E-state index contributed by atoms with van der Waals surface area (Å²) in [5.74, 6) is -0.306. The zero-order valence-corrected chi connectivity index (χ0v) is 20.4. The molecule has 0 aromatic heterocycles. The minimum Gasteiger partial charge on any atom is -0.466 e. The molecule has 0 saturated carbocycles. The van der Waals surface area contributed by atoms with Crippen LogP contribution >= 0.6 is 24.4 Å². The van der Waals surface area contributed by atoms with Crippen LogP contribution in [0.15, 0.2) is 103 Å². The van der Waals surface area contributed by atoms with Gasteiger partial charge in [0.1, 0.15) is 19.0 Å². The van der Waals surface area contributed by atoms with Crippen LogP contribution in [0, 0.1) is 5.82 Å². The molecule has 35 heavy (non-hydrogen) atoms. The first-order valence-electron chi connectivity index (χ1n) is 10.9. The van der Waals surface area contributed by atoms with Crippen molar-refractivity contribution in [1.82, 2.24) is 0 Å². The molecule has 4 aromatic carbocycles. The molecule has 0 bridgehead atoms. The predicted octanol–water partition coefficient (Wildman–Crippen LogP) is 7.32. The van der Waals surface area contributed by atoms with Gasteiger partial charge in [-0.15, -0.1) is 0 Å². The molecule has 0 unspecified atom stereocenters. The van der Waals surface area contributed by atoms with Gasteiger partial charge in [0.15, 0.2) is 0 Å². The fourth-order valence-electron chi connectivity index (χ4n) is 3.33. The summed E-state index contributed by atoms with van der Waals surface area (Å²) in [5.41, 5.74) is 5.58. The molecule has 4 rings (SSSR count). The molecular weight excluding hydrogens is 479 g/mol. The number of hydrogen-bond donors (Lipinski definition) is 2. The molecule has 0 atom stereocenters. The number of thiocarbonyl (C=S) groups is 2. The van der Waals surface area contributed by atoms with Crippen molar-refractivity contribution in [1.29, 1.82) is 0 Å². The van der Waals surface area contributed by atoms with E-state index >= 15 is 0 Å². The zero-order valence-electron chi connectivity index (χ0n) is 18.7. The molecule has 0 aliphatic heterocycles. The topological polar surface area (TPSA) is 42.5 Å². The quantitative estimate of drug-likeness (QED) is 0.258. The van der Waals surface area contributed by atoms with Crippen LogP contribution in [-0.4, -0.2) is 10.3 Å². The average molecular weight is 503 g/mol. The SMILES string of the molecule is Fc1ccc(NC(=S)OCc2cccc(-c3cccc(NC(=S)OCc4ccccc4)c3)c2)cc1. The maximum absolute atomic E-state index is 13.0. The number of benzene rings is 4. The fourth-order valence-corrected chi connectivity index (χ4v) is 3.68. The van der Waals surface area contributed by atoms with Gasteiger partial charge in [-0.2, -0.15) is 0 Å². The molecule has 2 N–H and O–H groups in total. The third kappa shape index (κ3) is 7.60. The van der Waals surface area contributed by atoms with Crippen molar-refractivity contribution < 1.29 is 13.9 Å². The van der Waals surface area contributed by atoms with E-state index in [1.807, 2.05) is 78.9 Å². The first-order chi connectivity index (χ1) is 17.0. The molecule has 7 heteroatoms. The number of anilines is 2. The molecule has 0 fully saturated rings. The Kier molecular flexibility index (Phi) is 8.38. The Morgan fingerprint density at radius 3 is 1.89 bits per heavy atom. The van der Waals surface area contributed by atoms with Crippen LogP contribution in [0.1, 0.15) is 11.1 Å². The smallest absolute Gasteiger partial charge is 0.261 e. The summed E-state index contributed by atoms with van der Waals surface area (Å²) in [6, 6.07) is 31.8. The van der Waals surface area contributed by atoms with Gasteiger partial charge < -0.3 is 20.1 Å². The van der Waals surface area contributed by atoms with E-state index in [1.165, 1.54) is 12.1 Å². The number of ether oxygens (including phenoxy) is 2. The summed E-state index contributed by atoms with van der Waals surface area (Å²) in [6.45, 7) is 0.711. The average Bonchev–Trinajstić information content (AvgIpc) is 2.89. The molecule has 0 aliphatic carbocycles. The first-order valence-corrected chi connectivity index (χ1v) is 11.7. The Morgan fingerprint density at radius 2 is 1.17 bits per heavy atom. The Balaban J connectivity index is 1.33. The summed E-state index contributed by atoms with van der Waals surface area (Å²) in [4.78, 5) is 0. The van der Waals surface area contributed by atoms with Gasteiger partial charge >= 0.3 is 0 Å². The summed E-state index contributed by atoms with van der Waals surface area (Å²) >= 11 is 10.6. The third-order valence-corrected chi connectivity index (χ3v) is 5.48. The Hall–Kier alpha value is -3.81. The van der Waals surface area contributed by atoms with Crippen LogP contribution in [0.25, 0.3) is 11.1 Å². The highest BCUT2D eigenvalue weighted by Crippen LogP contribution is 2.24. The number of hydrogen-bond acceptors (Lipinski definition) is 4. The standard InChI is InChI=1S/C28H23FN2O2S2/c29-24-12-14-25(15-13-24)30-27(34)33-19-21-8-4-9-22(16-21)23-10-5-11-26(17-23)31-28(35)32-18-20-6-2-1-3-7-20/h1-17H,18-19H2,(H,30,34)(H,31,35). The van der Waals surface area contributed by atoms with Crippen molar-refractivity contribution in [2.24, 2.45) is 0 Å². The minimum absolute atomic E-state index is 0.220. The van der Waals surface area contributed by atoms with E-state index < -0.39 is 0 Å². The highest BCUT2D eigenvalue weighted by Gasteiger charge is 2.06. The van der Waals surface area contributed by atoms with E-state index in [2.05, 4.69) is 10.6 Å². The number of halogens is 1. The highest BCUT2D eigenvalue weighted by atomic mass is 32.1. The van der Waals surface area contributed by atoms with Crippen molar-refractivity contribution >= 4 is 46.2 Å². The van der Waals surface area contributed by atoms with E-state index in [9.17, 15) is 4.39 Å². The lowest BCUT2D eigenvalue weighted by Crippen LogP contribution is -2.13. The maximum Gasteiger partial charge on any atom is 0.261 e. The molecule has 0 spiro atoms. The predicted molar refractivity (Wildman–Crippen MR) is 147 cm³/mol. The van der Waals surface area contributed by atoms with Gasteiger partial charge in [0.05, 0.1) is 0 Å². The number of rotatable bonds is 7. The van der Waals surface area contributed by atoms with Crippen LogP contribution in [0.2, 0.25) is 0 Å². The molecule has 0 aliphatic rings. The van der Waals surface area contributed by atoms with Crippen LogP contribution < -0.4 is 10.6 Å². The molecule has 0 saturated heterocycles. The second kappa shape index (κ2) is 12.1. The van der Waals surface area contributed by atoms with E-state index in [-0.39, 0.29) is 11.0 Å². The highest BCUT2D eigenvalue weighted by molar-refractivity contribution is 7.80. The van der Waals surface area contributed by atoms with Crippen molar-refractivity contribution in [2.45, 2.75) is 13.2 Å². The Morgan fingerprint density at radius 1 is 0.600 bits per heavy atom. The zero-order chi connectivity index (χ0) is 24.5. The van der Waals surface area contributed by atoms with E-state index in [0.717, 1.165) is 27.9 Å². The van der Waals surface area contributed by atoms with E-state index in [0.29, 0.717) is 24.1 Å². The molecule has 0 heterocycles. The van der Waals surface area contributed by atoms with Gasteiger partial charge in [0.2, 0.25) is 0 Å². The van der Waals surface area contributed by atoms with Gasteiger partial charge in [0, 0.05) is 11.4 Å². The van der Waals surface area contributed by atoms with Gasteiger partial charge in [-0.05, 0) is 89.2 Å². The van der Waals surface area contributed by atoms with Gasteiger partial charge in [-0.3, -0.25) is 0 Å². The molecule has 0 radical (unpaired) electrons. The molecule has 4 aromatic rings. The minimum atomic E-state index is -0.306. The van der Waals surface area contributed by atoms with Crippen LogP contribution in [0.3, 0.4) is 0 Å². The first kappa shape index (κ1) is 24.3. The van der Waals surface area contributed by atoms with Gasteiger partial charge in [-0.25, -0.2) is 4.39 Å². The molecule has 4 nitrogen and oxygen atoms in total. The summed E-state index contributed by atoms with van der Waals surface area (Å²) in [6.07, 6.45) is 0. The molecular formula is C28H23FN2O2S2. The third-order valence-electron chi connectivity index (χ3n) is 5.04. The normalized spacial score (nSPS) is 10.3. The lowest BCUT2D eigenvalue weighted by molar-refractivity contribution is 0.300. The second-order valence-electron chi connectivity index (χ2n) is 7.68.